The molecule has 1 aliphatic heterocycles. The molecule has 6 heteroatoms. The van der Waals surface area contributed by atoms with Gasteiger partial charge in [-0.2, -0.15) is 5.10 Å². The van der Waals surface area contributed by atoms with Gasteiger partial charge in [0.2, 0.25) is 5.91 Å². The number of piperidine rings is 1. The quantitative estimate of drug-likeness (QED) is 0.761. The van der Waals surface area contributed by atoms with Crippen LogP contribution in [0.1, 0.15) is 19.8 Å². The molecule has 134 valence electrons. The average molecular weight is 349 g/mol. The molecule has 1 aliphatic rings. The first-order chi connectivity index (χ1) is 12.5. The second-order valence-electron chi connectivity index (χ2n) is 7.44. The molecule has 6 nitrogen and oxygen atoms in total. The van der Waals surface area contributed by atoms with Crippen LogP contribution < -0.4 is 5.32 Å². The van der Waals surface area contributed by atoms with Gasteiger partial charge in [-0.25, -0.2) is 4.98 Å². The number of carbonyl (C=O) groups is 1. The SMILES string of the molecule is CN1CCC(C)(C(=O)Nc2cc3cc(-c4cn[nH]c4)ccc3cn2)CC1. The van der Waals surface area contributed by atoms with Crippen LogP contribution in [-0.4, -0.2) is 46.1 Å². The first kappa shape index (κ1) is 16.7. The van der Waals surface area contributed by atoms with Crippen molar-refractivity contribution >= 4 is 22.5 Å². The summed E-state index contributed by atoms with van der Waals surface area (Å²) in [5.41, 5.74) is 1.78. The van der Waals surface area contributed by atoms with E-state index in [9.17, 15) is 4.79 Å². The maximum absolute atomic E-state index is 12.8. The normalized spacial score (nSPS) is 17.3. The Bertz CT molecular complexity index is 927. The third-order valence-electron chi connectivity index (χ3n) is 5.43. The third kappa shape index (κ3) is 3.20. The van der Waals surface area contributed by atoms with E-state index in [1.165, 1.54) is 0 Å². The number of hydrogen-bond donors (Lipinski definition) is 2. The van der Waals surface area contributed by atoms with Gasteiger partial charge in [0, 0.05) is 28.8 Å². The molecule has 0 atom stereocenters. The maximum Gasteiger partial charge on any atom is 0.231 e. The Balaban J connectivity index is 1.57. The van der Waals surface area contributed by atoms with Crippen molar-refractivity contribution in [2.45, 2.75) is 19.8 Å². The molecular formula is C20H23N5O. The molecule has 4 rings (SSSR count). The number of H-pyrrole nitrogens is 1. The van der Waals surface area contributed by atoms with Crippen LogP contribution in [0.25, 0.3) is 21.9 Å². The highest BCUT2D eigenvalue weighted by molar-refractivity contribution is 5.96. The number of benzene rings is 1. The van der Waals surface area contributed by atoms with E-state index < -0.39 is 0 Å². The highest BCUT2D eigenvalue weighted by Crippen LogP contribution is 2.32. The summed E-state index contributed by atoms with van der Waals surface area (Å²) in [6.07, 6.45) is 7.21. The second-order valence-corrected chi connectivity index (χ2v) is 7.44. The molecule has 3 heterocycles. The Morgan fingerprint density at radius 2 is 1.96 bits per heavy atom. The number of amides is 1. The fourth-order valence-corrected chi connectivity index (χ4v) is 3.40. The molecule has 1 fully saturated rings. The lowest BCUT2D eigenvalue weighted by molar-refractivity contribution is -0.127. The van der Waals surface area contributed by atoms with Crippen molar-refractivity contribution in [3.63, 3.8) is 0 Å². The number of nitrogens with one attached hydrogen (secondary N) is 2. The summed E-state index contributed by atoms with van der Waals surface area (Å²) < 4.78 is 0. The number of rotatable bonds is 3. The fraction of sp³-hybridized carbons (Fsp3) is 0.350. The van der Waals surface area contributed by atoms with E-state index in [1.54, 1.807) is 12.4 Å². The van der Waals surface area contributed by atoms with Crippen molar-refractivity contribution in [1.29, 1.82) is 0 Å². The molecule has 0 radical (unpaired) electrons. The van der Waals surface area contributed by atoms with Gasteiger partial charge in [-0.05, 0) is 56.1 Å². The molecule has 0 bridgehead atoms. The minimum Gasteiger partial charge on any atom is -0.310 e. The minimum absolute atomic E-state index is 0.0587. The Morgan fingerprint density at radius 1 is 1.15 bits per heavy atom. The number of nitrogens with zero attached hydrogens (tertiary/aromatic N) is 3. The van der Waals surface area contributed by atoms with Crippen molar-refractivity contribution in [2.24, 2.45) is 5.41 Å². The molecule has 1 amide bonds. The zero-order valence-electron chi connectivity index (χ0n) is 15.1. The van der Waals surface area contributed by atoms with Gasteiger partial charge in [0.25, 0.3) is 0 Å². The second kappa shape index (κ2) is 6.53. The van der Waals surface area contributed by atoms with Gasteiger partial charge in [-0.3, -0.25) is 9.89 Å². The molecular weight excluding hydrogens is 326 g/mol. The number of hydrogen-bond acceptors (Lipinski definition) is 4. The van der Waals surface area contributed by atoms with Crippen LogP contribution in [0.2, 0.25) is 0 Å². The zero-order chi connectivity index (χ0) is 18.1. The zero-order valence-corrected chi connectivity index (χ0v) is 15.1. The molecule has 2 aromatic heterocycles. The lowest BCUT2D eigenvalue weighted by atomic mass is 9.79. The number of pyridine rings is 1. The molecule has 0 saturated carbocycles. The van der Waals surface area contributed by atoms with Crippen LogP contribution in [0.15, 0.2) is 42.9 Å². The predicted molar refractivity (Wildman–Crippen MR) is 103 cm³/mol. The Hall–Kier alpha value is -2.73. The maximum atomic E-state index is 12.8. The van der Waals surface area contributed by atoms with Crippen molar-refractivity contribution < 1.29 is 4.79 Å². The Morgan fingerprint density at radius 3 is 2.69 bits per heavy atom. The monoisotopic (exact) mass is 349 g/mol. The molecule has 1 aromatic carbocycles. The lowest BCUT2D eigenvalue weighted by Gasteiger charge is -2.36. The van der Waals surface area contributed by atoms with Gasteiger partial charge in [-0.15, -0.1) is 0 Å². The van der Waals surface area contributed by atoms with Crippen LogP contribution in [0, 0.1) is 5.41 Å². The van der Waals surface area contributed by atoms with Crippen molar-refractivity contribution in [1.82, 2.24) is 20.1 Å². The van der Waals surface area contributed by atoms with Gasteiger partial charge >= 0.3 is 0 Å². The molecule has 0 aliphatic carbocycles. The molecule has 26 heavy (non-hydrogen) atoms. The predicted octanol–water partition coefficient (Wildman–Crippen LogP) is 3.30. The largest absolute Gasteiger partial charge is 0.310 e. The number of carbonyl (C=O) groups excluding carboxylic acids is 1. The van der Waals surface area contributed by atoms with Crippen molar-refractivity contribution in [2.75, 3.05) is 25.5 Å². The number of anilines is 1. The third-order valence-corrected chi connectivity index (χ3v) is 5.43. The number of aromatic nitrogens is 3. The first-order valence-electron chi connectivity index (χ1n) is 8.92. The van der Waals surface area contributed by atoms with E-state index in [2.05, 4.69) is 38.5 Å². The van der Waals surface area contributed by atoms with E-state index in [0.29, 0.717) is 5.82 Å². The van der Waals surface area contributed by atoms with Crippen LogP contribution in [0.3, 0.4) is 0 Å². The van der Waals surface area contributed by atoms with Gasteiger partial charge in [-0.1, -0.05) is 19.1 Å². The number of likely N-dealkylation sites (tertiary alicyclic amines) is 1. The number of aromatic amines is 1. The van der Waals surface area contributed by atoms with Crippen LogP contribution >= 0.6 is 0 Å². The smallest absolute Gasteiger partial charge is 0.231 e. The van der Waals surface area contributed by atoms with Gasteiger partial charge in [0.15, 0.2) is 0 Å². The number of fused-ring (bicyclic) bond motifs is 1. The Kier molecular flexibility index (Phi) is 4.20. The van der Waals surface area contributed by atoms with Gasteiger partial charge in [0.1, 0.15) is 5.82 Å². The summed E-state index contributed by atoms with van der Waals surface area (Å²) in [4.78, 5) is 19.5. The fourth-order valence-electron chi connectivity index (χ4n) is 3.40. The van der Waals surface area contributed by atoms with Crippen LogP contribution in [-0.2, 0) is 4.79 Å². The standard InChI is InChI=1S/C20H23N5O/c1-20(5-7-25(2)8-6-20)19(26)24-18-10-16-9-14(17-12-22-23-13-17)3-4-15(16)11-21-18/h3-4,9-13H,5-8H2,1-2H3,(H,22,23)(H,21,24,26). The topological polar surface area (TPSA) is 73.9 Å². The molecule has 0 spiro atoms. The average Bonchev–Trinajstić information content (AvgIpc) is 3.18. The van der Waals surface area contributed by atoms with Gasteiger partial charge in [0.05, 0.1) is 6.20 Å². The highest BCUT2D eigenvalue weighted by atomic mass is 16.2. The van der Waals surface area contributed by atoms with E-state index in [4.69, 9.17) is 0 Å². The highest BCUT2D eigenvalue weighted by Gasteiger charge is 2.36. The molecule has 2 N–H and O–H groups in total. The van der Waals surface area contributed by atoms with Crippen LogP contribution in [0.4, 0.5) is 5.82 Å². The molecule has 1 saturated heterocycles. The van der Waals surface area contributed by atoms with E-state index in [0.717, 1.165) is 47.8 Å². The van der Waals surface area contributed by atoms with E-state index >= 15 is 0 Å². The summed E-state index contributed by atoms with van der Waals surface area (Å²) >= 11 is 0. The summed E-state index contributed by atoms with van der Waals surface area (Å²) in [7, 11) is 2.10. The van der Waals surface area contributed by atoms with Crippen LogP contribution in [0.5, 0.6) is 0 Å². The summed E-state index contributed by atoms with van der Waals surface area (Å²) in [5.74, 6) is 0.662. The van der Waals surface area contributed by atoms with Crippen molar-refractivity contribution in [3.8, 4) is 11.1 Å². The van der Waals surface area contributed by atoms with Crippen molar-refractivity contribution in [3.05, 3.63) is 42.9 Å². The van der Waals surface area contributed by atoms with Gasteiger partial charge < -0.3 is 10.2 Å². The summed E-state index contributed by atoms with van der Waals surface area (Å²) in [6, 6.07) is 8.12. The summed E-state index contributed by atoms with van der Waals surface area (Å²) in [6.45, 7) is 3.94. The Labute approximate surface area is 152 Å². The molecule has 3 aromatic rings. The lowest BCUT2D eigenvalue weighted by Crippen LogP contribution is -2.43. The summed E-state index contributed by atoms with van der Waals surface area (Å²) in [5, 5.41) is 11.9. The molecule has 0 unspecified atom stereocenters. The minimum atomic E-state index is -0.332. The van der Waals surface area contributed by atoms with E-state index in [-0.39, 0.29) is 11.3 Å². The van der Waals surface area contributed by atoms with E-state index in [1.807, 2.05) is 31.3 Å². The first-order valence-corrected chi connectivity index (χ1v) is 8.92.